The van der Waals surface area contributed by atoms with Crippen molar-refractivity contribution in [2.45, 2.75) is 31.7 Å². The number of hydrazine groups is 1. The number of piperazine rings is 1. The molecule has 0 spiro atoms. The molecule has 3 aromatic carbocycles. The molecule has 0 bridgehead atoms. The summed E-state index contributed by atoms with van der Waals surface area (Å²) in [5.74, 6) is -0.330. The van der Waals surface area contributed by atoms with Crippen LogP contribution in [0.1, 0.15) is 16.7 Å². The number of urea groups is 1. The second kappa shape index (κ2) is 12.2. The van der Waals surface area contributed by atoms with Gasteiger partial charge in [0, 0.05) is 38.5 Å². The SMILES string of the molecule is C=CCN1CC(=O)N2[C@@H](Cc3ccc(O)cc3)C(=O)N(Cc3cccc4c3cnn4C)C[C@@H]2N1C(=O)NCc1ccccc1. The number of nitrogens with zero attached hydrogens (tertiary/aromatic N) is 6. The second-order valence-corrected chi connectivity index (χ2v) is 11.1. The highest BCUT2D eigenvalue weighted by atomic mass is 16.3. The molecule has 0 radical (unpaired) electrons. The van der Waals surface area contributed by atoms with Crippen LogP contribution >= 0.6 is 0 Å². The highest BCUT2D eigenvalue weighted by Gasteiger charge is 2.51. The van der Waals surface area contributed by atoms with Gasteiger partial charge in [0.1, 0.15) is 18.0 Å². The Morgan fingerprint density at radius 1 is 1.05 bits per heavy atom. The topological polar surface area (TPSA) is 114 Å². The van der Waals surface area contributed by atoms with Gasteiger partial charge in [0.25, 0.3) is 0 Å². The first-order chi connectivity index (χ1) is 21.3. The molecular formula is C33H35N7O4. The molecule has 2 saturated heterocycles. The van der Waals surface area contributed by atoms with Gasteiger partial charge in [0.2, 0.25) is 11.8 Å². The van der Waals surface area contributed by atoms with Crippen molar-refractivity contribution in [2.24, 2.45) is 7.05 Å². The van der Waals surface area contributed by atoms with Gasteiger partial charge in [-0.15, -0.1) is 6.58 Å². The number of hydrogen-bond donors (Lipinski definition) is 2. The van der Waals surface area contributed by atoms with E-state index >= 15 is 0 Å². The minimum Gasteiger partial charge on any atom is -0.508 e. The lowest BCUT2D eigenvalue weighted by Gasteiger charge is -2.55. The predicted octanol–water partition coefficient (Wildman–Crippen LogP) is 3.02. The van der Waals surface area contributed by atoms with E-state index in [1.165, 1.54) is 0 Å². The smallest absolute Gasteiger partial charge is 0.334 e. The second-order valence-electron chi connectivity index (χ2n) is 11.1. The molecule has 11 nitrogen and oxygen atoms in total. The molecule has 4 amide bonds. The molecule has 0 unspecified atom stereocenters. The molecule has 2 atom stereocenters. The summed E-state index contributed by atoms with van der Waals surface area (Å²) in [7, 11) is 1.87. The van der Waals surface area contributed by atoms with E-state index in [4.69, 9.17) is 0 Å². The first kappa shape index (κ1) is 28.9. The van der Waals surface area contributed by atoms with Crippen LogP contribution in [-0.2, 0) is 36.1 Å². The number of aryl methyl sites for hydroxylation is 1. The van der Waals surface area contributed by atoms with Crippen molar-refractivity contribution >= 4 is 28.7 Å². The van der Waals surface area contributed by atoms with Gasteiger partial charge < -0.3 is 20.2 Å². The number of aromatic hydroxyl groups is 1. The lowest BCUT2D eigenvalue weighted by atomic mass is 9.98. The van der Waals surface area contributed by atoms with Gasteiger partial charge in [-0.1, -0.05) is 60.7 Å². The minimum atomic E-state index is -0.853. The third-order valence-corrected chi connectivity index (χ3v) is 8.27. The maximum atomic E-state index is 14.3. The largest absolute Gasteiger partial charge is 0.508 e. The van der Waals surface area contributed by atoms with E-state index in [0.717, 1.165) is 27.6 Å². The Labute approximate surface area is 255 Å². The molecule has 3 heterocycles. The van der Waals surface area contributed by atoms with E-state index in [-0.39, 0.29) is 56.2 Å². The zero-order valence-corrected chi connectivity index (χ0v) is 24.5. The van der Waals surface area contributed by atoms with E-state index in [1.54, 1.807) is 61.0 Å². The van der Waals surface area contributed by atoms with Crippen LogP contribution < -0.4 is 5.32 Å². The Kier molecular flexibility index (Phi) is 8.03. The first-order valence-corrected chi connectivity index (χ1v) is 14.6. The summed E-state index contributed by atoms with van der Waals surface area (Å²) in [4.78, 5) is 45.2. The fourth-order valence-electron chi connectivity index (χ4n) is 6.13. The predicted molar refractivity (Wildman–Crippen MR) is 165 cm³/mol. The van der Waals surface area contributed by atoms with Gasteiger partial charge in [0.15, 0.2) is 0 Å². The Bertz CT molecular complexity index is 1690. The molecular weight excluding hydrogens is 558 g/mol. The van der Waals surface area contributed by atoms with Crippen LogP contribution in [-0.4, -0.2) is 84.4 Å². The van der Waals surface area contributed by atoms with Crippen molar-refractivity contribution in [2.75, 3.05) is 19.6 Å². The number of rotatable bonds is 8. The number of phenolic OH excluding ortho intramolecular Hbond substituents is 1. The van der Waals surface area contributed by atoms with Gasteiger partial charge in [-0.3, -0.25) is 14.3 Å². The van der Waals surface area contributed by atoms with Crippen molar-refractivity contribution in [1.82, 2.24) is 34.9 Å². The van der Waals surface area contributed by atoms with Crippen LogP contribution in [0.25, 0.3) is 10.9 Å². The average molecular weight is 594 g/mol. The Hall–Kier alpha value is -5.16. The summed E-state index contributed by atoms with van der Waals surface area (Å²) < 4.78 is 1.79. The Morgan fingerprint density at radius 2 is 1.82 bits per heavy atom. The molecule has 0 aliphatic carbocycles. The number of amides is 4. The van der Waals surface area contributed by atoms with Gasteiger partial charge >= 0.3 is 6.03 Å². The molecule has 2 aliphatic rings. The zero-order valence-electron chi connectivity index (χ0n) is 24.5. The Balaban J connectivity index is 1.37. The van der Waals surface area contributed by atoms with Crippen molar-refractivity contribution in [3.8, 4) is 5.75 Å². The maximum Gasteiger partial charge on any atom is 0.334 e. The number of benzene rings is 3. The quantitative estimate of drug-likeness (QED) is 0.304. The monoisotopic (exact) mass is 593 g/mol. The van der Waals surface area contributed by atoms with Gasteiger partial charge in [-0.25, -0.2) is 14.8 Å². The molecule has 2 N–H and O–H groups in total. The van der Waals surface area contributed by atoms with E-state index < -0.39 is 12.2 Å². The molecule has 11 heteroatoms. The Morgan fingerprint density at radius 3 is 2.57 bits per heavy atom. The van der Waals surface area contributed by atoms with Gasteiger partial charge in [-0.05, 0) is 34.9 Å². The average Bonchev–Trinajstić information content (AvgIpc) is 3.41. The molecule has 44 heavy (non-hydrogen) atoms. The summed E-state index contributed by atoms with van der Waals surface area (Å²) in [5, 5.41) is 21.4. The zero-order chi connectivity index (χ0) is 30.8. The van der Waals surface area contributed by atoms with Crippen LogP contribution in [0.4, 0.5) is 4.79 Å². The summed E-state index contributed by atoms with van der Waals surface area (Å²) >= 11 is 0. The third kappa shape index (κ3) is 5.61. The number of nitrogens with one attached hydrogen (secondary N) is 1. The normalized spacial score (nSPS) is 18.9. The molecule has 2 aliphatic heterocycles. The number of hydrogen-bond acceptors (Lipinski definition) is 6. The number of carbonyl (C=O) groups is 3. The lowest BCUT2D eigenvalue weighted by Crippen LogP contribution is -2.76. The van der Waals surface area contributed by atoms with Crippen LogP contribution in [0, 0.1) is 0 Å². The minimum absolute atomic E-state index is 0.0738. The maximum absolute atomic E-state index is 14.3. The van der Waals surface area contributed by atoms with Crippen LogP contribution in [0.2, 0.25) is 0 Å². The molecule has 226 valence electrons. The summed E-state index contributed by atoms with van der Waals surface area (Å²) in [6, 6.07) is 20.9. The third-order valence-electron chi connectivity index (χ3n) is 8.27. The summed E-state index contributed by atoms with van der Waals surface area (Å²) in [6.45, 7) is 4.77. The van der Waals surface area contributed by atoms with Crippen molar-refractivity contribution < 1.29 is 19.5 Å². The van der Waals surface area contributed by atoms with E-state index in [0.29, 0.717) is 6.54 Å². The molecule has 4 aromatic rings. The van der Waals surface area contributed by atoms with Crippen LogP contribution in [0.5, 0.6) is 5.75 Å². The highest BCUT2D eigenvalue weighted by Crippen LogP contribution is 2.30. The van der Waals surface area contributed by atoms with Crippen molar-refractivity contribution in [3.05, 3.63) is 108 Å². The van der Waals surface area contributed by atoms with Crippen molar-refractivity contribution in [3.63, 3.8) is 0 Å². The number of fused-ring (bicyclic) bond motifs is 2. The fraction of sp³-hybridized carbons (Fsp3) is 0.273. The molecule has 6 rings (SSSR count). The van der Waals surface area contributed by atoms with E-state index in [2.05, 4.69) is 17.0 Å². The summed E-state index contributed by atoms with van der Waals surface area (Å²) in [6.07, 6.45) is 2.93. The van der Waals surface area contributed by atoms with Gasteiger partial charge in [0.05, 0.1) is 24.8 Å². The fourth-order valence-corrected chi connectivity index (χ4v) is 6.13. The highest BCUT2D eigenvalue weighted by molar-refractivity contribution is 5.92. The van der Waals surface area contributed by atoms with E-state index in [1.807, 2.05) is 55.6 Å². The van der Waals surface area contributed by atoms with Gasteiger partial charge in [-0.2, -0.15) is 5.10 Å². The number of aromatic nitrogens is 2. The molecule has 0 saturated carbocycles. The standard InChI is InChI=1S/C33H35N7O4/c1-3-16-38-22-31(42)39-29(17-23-12-14-26(41)15-13-23)32(43)37(20-25-10-7-11-28-27(25)19-35-36(28)2)21-30(39)40(38)33(44)34-18-24-8-5-4-6-9-24/h3-15,19,29-30,41H,1,16-18,20-22H2,2H3,(H,34,44)/t29-,30-/m0/s1. The summed E-state index contributed by atoms with van der Waals surface area (Å²) in [5.41, 5.74) is 3.60. The van der Waals surface area contributed by atoms with Crippen LogP contribution in [0.15, 0.2) is 91.6 Å². The first-order valence-electron chi connectivity index (χ1n) is 14.6. The molecule has 2 fully saturated rings. The number of phenols is 1. The lowest BCUT2D eigenvalue weighted by molar-refractivity contribution is -0.189. The number of carbonyl (C=O) groups excluding carboxylic acids is 3. The van der Waals surface area contributed by atoms with Crippen LogP contribution in [0.3, 0.4) is 0 Å². The van der Waals surface area contributed by atoms with Crippen molar-refractivity contribution in [1.29, 1.82) is 0 Å². The van der Waals surface area contributed by atoms with E-state index in [9.17, 15) is 19.5 Å². The molecule has 1 aromatic heterocycles.